The number of nitrogens with one attached hydrogen (secondary N) is 1. The Bertz CT molecular complexity index is 820. The Morgan fingerprint density at radius 1 is 1.40 bits per heavy atom. The van der Waals surface area contributed by atoms with Gasteiger partial charge < -0.3 is 14.9 Å². The van der Waals surface area contributed by atoms with Gasteiger partial charge in [0.25, 0.3) is 5.91 Å². The highest BCUT2D eigenvalue weighted by molar-refractivity contribution is 6.03. The zero-order valence-electron chi connectivity index (χ0n) is 13.5. The zero-order valence-corrected chi connectivity index (χ0v) is 13.5. The van der Waals surface area contributed by atoms with E-state index in [0.717, 1.165) is 10.1 Å². The molecule has 1 aromatic carbocycles. The molecule has 3 atom stereocenters. The van der Waals surface area contributed by atoms with Crippen LogP contribution in [0.3, 0.4) is 0 Å². The number of carbonyl (C=O) groups is 1. The highest BCUT2D eigenvalue weighted by Crippen LogP contribution is 2.27. The molecule has 2 aromatic rings. The van der Waals surface area contributed by atoms with Crippen molar-refractivity contribution in [2.75, 3.05) is 11.9 Å². The Morgan fingerprint density at radius 3 is 2.72 bits per heavy atom. The lowest BCUT2D eigenvalue weighted by Gasteiger charge is -2.14. The lowest BCUT2D eigenvalue weighted by atomic mass is 10.1. The molecule has 3 rings (SSSR count). The Kier molecular flexibility index (Phi) is 4.88. The number of aryl methyl sites for hydroxylation is 1. The third kappa shape index (κ3) is 3.73. The number of aromatic nitrogens is 3. The maximum atomic E-state index is 12.1. The van der Waals surface area contributed by atoms with Crippen LogP contribution in [0, 0.1) is 6.92 Å². The molecule has 1 aliphatic rings. The van der Waals surface area contributed by atoms with E-state index in [9.17, 15) is 14.7 Å². The Morgan fingerprint density at radius 2 is 2.12 bits per heavy atom. The second-order valence-corrected chi connectivity index (χ2v) is 5.80. The van der Waals surface area contributed by atoms with Crippen molar-refractivity contribution in [3.63, 3.8) is 0 Å². The second kappa shape index (κ2) is 7.09. The van der Waals surface area contributed by atoms with Crippen LogP contribution < -0.4 is 11.0 Å². The minimum atomic E-state index is -0.872. The standard InChI is InChI=1S/C16H18N4O5/c1-9-2-4-10(5-3-9)14(23)18-15-17-8-20(16(24)19-15)13-6-11(22)12(7-21)25-13/h2-5,8,11-13,21-22H,6-7H2,1H3,(H,18,19,23,24)/t11-,12-,13+/m0/s1. The summed E-state index contributed by atoms with van der Waals surface area (Å²) in [4.78, 5) is 31.9. The van der Waals surface area contributed by atoms with Gasteiger partial charge in [0.1, 0.15) is 18.7 Å². The van der Waals surface area contributed by atoms with E-state index in [1.165, 1.54) is 6.33 Å². The van der Waals surface area contributed by atoms with Crippen LogP contribution >= 0.6 is 0 Å². The van der Waals surface area contributed by atoms with Gasteiger partial charge in [0, 0.05) is 12.0 Å². The number of ether oxygens (including phenoxy) is 1. The molecule has 0 aliphatic carbocycles. The van der Waals surface area contributed by atoms with Crippen LogP contribution in [0.4, 0.5) is 5.95 Å². The minimum Gasteiger partial charge on any atom is -0.394 e. The molecule has 25 heavy (non-hydrogen) atoms. The number of carbonyl (C=O) groups excluding carboxylic acids is 1. The van der Waals surface area contributed by atoms with E-state index in [-0.39, 0.29) is 19.0 Å². The normalized spacial score (nSPS) is 22.8. The van der Waals surface area contributed by atoms with Gasteiger partial charge in [-0.3, -0.25) is 14.7 Å². The predicted octanol–water partition coefficient (Wildman–Crippen LogP) is -0.160. The maximum Gasteiger partial charge on any atom is 0.354 e. The Labute approximate surface area is 142 Å². The number of anilines is 1. The minimum absolute atomic E-state index is 0.121. The van der Waals surface area contributed by atoms with E-state index < -0.39 is 30.0 Å². The lowest BCUT2D eigenvalue weighted by molar-refractivity contribution is -0.0462. The fraction of sp³-hybridized carbons (Fsp3) is 0.375. The lowest BCUT2D eigenvalue weighted by Crippen LogP contribution is -2.29. The fourth-order valence-electron chi connectivity index (χ4n) is 2.53. The summed E-state index contributed by atoms with van der Waals surface area (Å²) in [5.74, 6) is -0.547. The van der Waals surface area contributed by atoms with Gasteiger partial charge in [-0.25, -0.2) is 9.78 Å². The van der Waals surface area contributed by atoms with E-state index in [4.69, 9.17) is 9.84 Å². The molecule has 0 bridgehead atoms. The van der Waals surface area contributed by atoms with Crippen LogP contribution in [0.25, 0.3) is 0 Å². The molecule has 132 valence electrons. The first kappa shape index (κ1) is 17.2. The highest BCUT2D eigenvalue weighted by Gasteiger charge is 2.35. The molecule has 2 heterocycles. The maximum absolute atomic E-state index is 12.1. The van der Waals surface area contributed by atoms with Crippen molar-refractivity contribution in [2.24, 2.45) is 0 Å². The van der Waals surface area contributed by atoms with E-state index >= 15 is 0 Å². The quantitative estimate of drug-likeness (QED) is 0.702. The number of aliphatic hydroxyl groups excluding tert-OH is 2. The summed E-state index contributed by atoms with van der Waals surface area (Å²) in [5.41, 5.74) is 0.770. The second-order valence-electron chi connectivity index (χ2n) is 5.80. The van der Waals surface area contributed by atoms with Crippen LogP contribution in [0.1, 0.15) is 28.6 Å². The van der Waals surface area contributed by atoms with Crippen LogP contribution in [0.5, 0.6) is 0 Å². The van der Waals surface area contributed by atoms with Crippen LogP contribution in [-0.2, 0) is 4.74 Å². The number of nitrogens with zero attached hydrogens (tertiary/aromatic N) is 3. The molecule has 0 saturated carbocycles. The first-order valence-corrected chi connectivity index (χ1v) is 7.75. The number of hydrogen-bond acceptors (Lipinski definition) is 7. The topological polar surface area (TPSA) is 127 Å². The first-order valence-electron chi connectivity index (χ1n) is 7.75. The molecule has 9 nitrogen and oxygen atoms in total. The largest absolute Gasteiger partial charge is 0.394 e. The molecular weight excluding hydrogens is 328 g/mol. The number of benzene rings is 1. The van der Waals surface area contributed by atoms with Crippen molar-refractivity contribution in [2.45, 2.75) is 31.8 Å². The van der Waals surface area contributed by atoms with Gasteiger partial charge in [0.05, 0.1) is 12.7 Å². The van der Waals surface area contributed by atoms with Gasteiger partial charge in [-0.05, 0) is 19.1 Å². The molecule has 1 aliphatic heterocycles. The van der Waals surface area contributed by atoms with E-state index in [0.29, 0.717) is 5.56 Å². The van der Waals surface area contributed by atoms with Crippen molar-refractivity contribution in [3.05, 3.63) is 52.2 Å². The van der Waals surface area contributed by atoms with Gasteiger partial charge in [-0.2, -0.15) is 4.98 Å². The molecular formula is C16H18N4O5. The third-order valence-electron chi connectivity index (χ3n) is 3.96. The molecule has 0 radical (unpaired) electrons. The average Bonchev–Trinajstić information content (AvgIpc) is 2.96. The summed E-state index contributed by atoms with van der Waals surface area (Å²) in [5, 5.41) is 21.3. The summed E-state index contributed by atoms with van der Waals surface area (Å²) in [6, 6.07) is 6.92. The molecule has 1 aromatic heterocycles. The molecule has 9 heteroatoms. The third-order valence-corrected chi connectivity index (χ3v) is 3.96. The van der Waals surface area contributed by atoms with Crippen LogP contribution in [0.2, 0.25) is 0 Å². The molecule has 0 spiro atoms. The van der Waals surface area contributed by atoms with Crippen LogP contribution in [0.15, 0.2) is 35.4 Å². The molecule has 1 saturated heterocycles. The zero-order chi connectivity index (χ0) is 18.0. The summed E-state index contributed by atoms with van der Waals surface area (Å²) in [7, 11) is 0. The van der Waals surface area contributed by atoms with Gasteiger partial charge in [0.2, 0.25) is 5.95 Å². The first-order chi connectivity index (χ1) is 12.0. The van der Waals surface area contributed by atoms with E-state index in [1.807, 2.05) is 6.92 Å². The predicted molar refractivity (Wildman–Crippen MR) is 87.0 cm³/mol. The SMILES string of the molecule is Cc1ccc(C(=O)Nc2ncn([C@H]3C[C@H](O)[C@H](CO)O3)c(=O)n2)cc1. The van der Waals surface area contributed by atoms with E-state index in [1.54, 1.807) is 24.3 Å². The Balaban J connectivity index is 1.73. The van der Waals surface area contributed by atoms with Gasteiger partial charge >= 0.3 is 5.69 Å². The van der Waals surface area contributed by atoms with Gasteiger partial charge in [0.15, 0.2) is 0 Å². The van der Waals surface area contributed by atoms with E-state index in [2.05, 4.69) is 15.3 Å². The van der Waals surface area contributed by atoms with Gasteiger partial charge in [-0.1, -0.05) is 17.7 Å². The summed E-state index contributed by atoms with van der Waals surface area (Å²) in [6.45, 7) is 1.56. The monoisotopic (exact) mass is 346 g/mol. The average molecular weight is 346 g/mol. The summed E-state index contributed by atoms with van der Waals surface area (Å²) < 4.78 is 6.50. The number of amides is 1. The molecule has 3 N–H and O–H groups in total. The number of rotatable bonds is 4. The van der Waals surface area contributed by atoms with Crippen molar-refractivity contribution in [3.8, 4) is 0 Å². The highest BCUT2D eigenvalue weighted by atomic mass is 16.5. The summed E-state index contributed by atoms with van der Waals surface area (Å²) >= 11 is 0. The fourth-order valence-corrected chi connectivity index (χ4v) is 2.53. The smallest absolute Gasteiger partial charge is 0.354 e. The molecule has 1 amide bonds. The number of aliphatic hydroxyl groups is 2. The van der Waals surface area contributed by atoms with Crippen molar-refractivity contribution in [1.29, 1.82) is 0 Å². The van der Waals surface area contributed by atoms with Crippen molar-refractivity contribution >= 4 is 11.9 Å². The molecule has 1 fully saturated rings. The summed E-state index contributed by atoms with van der Waals surface area (Å²) in [6.07, 6.45) is -1.05. The molecule has 0 unspecified atom stereocenters. The van der Waals surface area contributed by atoms with Crippen molar-refractivity contribution < 1.29 is 19.7 Å². The van der Waals surface area contributed by atoms with Crippen molar-refractivity contribution in [1.82, 2.24) is 14.5 Å². The number of hydrogen-bond donors (Lipinski definition) is 3. The Hall–Kier alpha value is -2.62. The van der Waals surface area contributed by atoms with Crippen LogP contribution in [-0.4, -0.2) is 49.5 Å². The van der Waals surface area contributed by atoms with Gasteiger partial charge in [-0.15, -0.1) is 0 Å².